The van der Waals surface area contributed by atoms with Gasteiger partial charge in [0.1, 0.15) is 18.3 Å². The van der Waals surface area contributed by atoms with E-state index in [0.717, 1.165) is 16.8 Å². The highest BCUT2D eigenvalue weighted by molar-refractivity contribution is 4.92. The molecule has 0 radical (unpaired) electrons. The Hall–Kier alpha value is -1.48. The molecule has 0 amide bonds. The Morgan fingerprint density at radius 1 is 1.53 bits per heavy atom. The Morgan fingerprint density at radius 2 is 2.29 bits per heavy atom. The maximum atomic E-state index is 11.5. The van der Waals surface area contributed by atoms with Gasteiger partial charge in [-0.25, -0.2) is 4.79 Å². The second-order valence-electron chi connectivity index (χ2n) is 3.63. The Kier molecular flexibility index (Phi) is 2.48. The second kappa shape index (κ2) is 4.41. The van der Waals surface area contributed by atoms with Gasteiger partial charge in [-0.3, -0.25) is 14.3 Å². The Balaban J connectivity index is 2.31. The summed E-state index contributed by atoms with van der Waals surface area (Å²) >= 11 is 0. The van der Waals surface area contributed by atoms with Crippen LogP contribution in [0.2, 0.25) is 0 Å². The molecule has 2 rings (SSSR count). The lowest BCUT2D eigenvalue weighted by molar-refractivity contribution is -0.0550. The highest BCUT2D eigenvalue weighted by atomic mass is 16.6. The summed E-state index contributed by atoms with van der Waals surface area (Å²) in [5, 5.41) is 23.4. The largest absolute Gasteiger partial charge is 0.394 e. The monoisotopic (exact) mass is 246 g/mol. The van der Waals surface area contributed by atoms with Crippen LogP contribution in [0.3, 0.4) is 0 Å². The molecule has 1 fully saturated rings. The molecule has 8 heteroatoms. The Labute approximate surface area is 97.6 Å². The van der Waals surface area contributed by atoms with Gasteiger partial charge in [-0.2, -0.15) is 0 Å². The standard InChI is InChI=1S/C9H12N2O6/c12-3-4-6(14)7(15)8(17-4)11-2-1-5(13)10-9(11)16/h1-2,4,6-8,12,14-15H,3H2,(H,10,13,16)/t4-,6-,7-,8-/m1/s1/i3D,12D/t3?,4-,6-,7-,8-. The average molecular weight is 246 g/mol. The van der Waals surface area contributed by atoms with Crippen LogP contribution in [0.4, 0.5) is 0 Å². The molecule has 1 aliphatic heterocycles. The van der Waals surface area contributed by atoms with Gasteiger partial charge in [0.2, 0.25) is 1.43 Å². The van der Waals surface area contributed by atoms with Crippen molar-refractivity contribution in [2.24, 2.45) is 0 Å². The Morgan fingerprint density at radius 3 is 2.94 bits per heavy atom. The van der Waals surface area contributed by atoms with E-state index in [2.05, 4.69) is 5.11 Å². The molecule has 0 aliphatic carbocycles. The fourth-order valence-corrected chi connectivity index (χ4v) is 1.66. The summed E-state index contributed by atoms with van der Waals surface area (Å²) in [5.74, 6) is 0. The lowest BCUT2D eigenvalue weighted by atomic mass is 10.1. The van der Waals surface area contributed by atoms with Gasteiger partial charge < -0.3 is 20.1 Å². The summed E-state index contributed by atoms with van der Waals surface area (Å²) in [6.45, 7) is -1.53. The third kappa shape index (κ3) is 2.03. The first-order valence-corrected chi connectivity index (χ1v) is 4.83. The molecule has 0 spiro atoms. The number of hydrogen-bond donors (Lipinski definition) is 4. The van der Waals surface area contributed by atoms with Crippen molar-refractivity contribution in [2.75, 3.05) is 6.58 Å². The molecule has 0 bridgehead atoms. The molecule has 17 heavy (non-hydrogen) atoms. The smallest absolute Gasteiger partial charge is 0.330 e. The number of aliphatic hydroxyl groups is 3. The Bertz CT molecular complexity index is 560. The van der Waals surface area contributed by atoms with Gasteiger partial charge in [0.15, 0.2) is 6.23 Å². The first-order valence-electron chi connectivity index (χ1n) is 5.81. The maximum absolute atomic E-state index is 11.5. The number of rotatable bonds is 3. The van der Waals surface area contributed by atoms with Crippen molar-refractivity contribution in [3.8, 4) is 0 Å². The molecule has 1 aliphatic rings. The number of nitrogens with one attached hydrogen (secondary N) is 1. The predicted molar refractivity (Wildman–Crippen MR) is 54.3 cm³/mol. The minimum Gasteiger partial charge on any atom is -0.394 e. The number of aliphatic hydroxyl groups excluding tert-OH is 3. The van der Waals surface area contributed by atoms with Crippen molar-refractivity contribution in [3.05, 3.63) is 33.1 Å². The minimum absolute atomic E-state index is 0.612. The SMILES string of the molecule is [2H]OC([2H])[C@H]1O[C@@H](n2ccc(=O)[nH]c2=O)[C@H](O)[C@@H]1O. The van der Waals surface area contributed by atoms with Gasteiger partial charge in [0.05, 0.1) is 7.95 Å². The maximum Gasteiger partial charge on any atom is 0.330 e. The number of aromatic amines is 1. The van der Waals surface area contributed by atoms with E-state index < -0.39 is 42.4 Å². The van der Waals surface area contributed by atoms with Crippen molar-refractivity contribution in [3.63, 3.8) is 0 Å². The predicted octanol–water partition coefficient (Wildman–Crippen LogP) is -2.85. The third-order valence-corrected chi connectivity index (χ3v) is 2.53. The molecular weight excluding hydrogens is 232 g/mol. The van der Waals surface area contributed by atoms with E-state index in [1.165, 1.54) is 0 Å². The summed E-state index contributed by atoms with van der Waals surface area (Å²) in [6, 6.07) is 1.05. The van der Waals surface area contributed by atoms with Crippen LogP contribution in [0.15, 0.2) is 21.9 Å². The van der Waals surface area contributed by atoms with Crippen molar-refractivity contribution in [1.29, 1.82) is 1.43 Å². The summed E-state index contributed by atoms with van der Waals surface area (Å²) in [6.07, 6.45) is -4.43. The zero-order valence-electron chi connectivity index (χ0n) is 10.5. The molecule has 1 aromatic rings. The van der Waals surface area contributed by atoms with Gasteiger partial charge in [-0.05, 0) is 0 Å². The van der Waals surface area contributed by atoms with E-state index in [-0.39, 0.29) is 0 Å². The molecule has 2 heterocycles. The number of hydrogen-bond acceptors (Lipinski definition) is 6. The lowest BCUT2D eigenvalue weighted by Gasteiger charge is -2.16. The van der Waals surface area contributed by atoms with Crippen molar-refractivity contribution in [1.82, 2.24) is 9.55 Å². The van der Waals surface area contributed by atoms with Crippen LogP contribution in [-0.4, -0.2) is 51.2 Å². The number of H-pyrrole nitrogens is 1. The average Bonchev–Trinajstić information content (AvgIpc) is 2.66. The van der Waals surface area contributed by atoms with Gasteiger partial charge >= 0.3 is 5.69 Å². The van der Waals surface area contributed by atoms with Crippen LogP contribution < -0.4 is 11.2 Å². The van der Waals surface area contributed by atoms with Crippen LogP contribution in [0.5, 0.6) is 0 Å². The van der Waals surface area contributed by atoms with Crippen molar-refractivity contribution >= 4 is 0 Å². The molecule has 0 saturated carbocycles. The molecule has 94 valence electrons. The molecule has 0 aromatic carbocycles. The number of nitrogens with zero attached hydrogens (tertiary/aromatic N) is 1. The van der Waals surface area contributed by atoms with Gasteiger partial charge in [-0.15, -0.1) is 0 Å². The fraction of sp³-hybridized carbons (Fsp3) is 0.556. The zero-order chi connectivity index (χ0) is 14.2. The van der Waals surface area contributed by atoms with E-state index in [1.54, 1.807) is 0 Å². The molecular formula is C9H12N2O6. The van der Waals surface area contributed by atoms with Crippen LogP contribution in [-0.2, 0) is 4.74 Å². The normalized spacial score (nSPS) is 36.4. The molecule has 8 nitrogen and oxygen atoms in total. The zero-order valence-corrected chi connectivity index (χ0v) is 8.52. The van der Waals surface area contributed by atoms with E-state index in [0.29, 0.717) is 0 Å². The van der Waals surface area contributed by atoms with Gasteiger partial charge in [0.25, 0.3) is 5.56 Å². The van der Waals surface area contributed by atoms with Crippen LogP contribution in [0, 0.1) is 0 Å². The topological polar surface area (TPSA) is 125 Å². The summed E-state index contributed by atoms with van der Waals surface area (Å²) in [7, 11) is 0. The van der Waals surface area contributed by atoms with E-state index in [1.807, 2.05) is 4.98 Å². The van der Waals surface area contributed by atoms with E-state index in [4.69, 9.17) is 7.54 Å². The highest BCUT2D eigenvalue weighted by Gasteiger charge is 2.43. The van der Waals surface area contributed by atoms with Gasteiger partial charge in [-0.1, -0.05) is 0 Å². The molecule has 1 saturated heterocycles. The summed E-state index contributed by atoms with van der Waals surface area (Å²) in [4.78, 5) is 24.4. The van der Waals surface area contributed by atoms with Crippen LogP contribution in [0.1, 0.15) is 7.60 Å². The van der Waals surface area contributed by atoms with E-state index >= 15 is 0 Å². The van der Waals surface area contributed by atoms with Crippen LogP contribution >= 0.6 is 0 Å². The van der Waals surface area contributed by atoms with Gasteiger partial charge in [0, 0.05) is 12.3 Å². The fourth-order valence-electron chi connectivity index (χ4n) is 1.66. The number of ether oxygens (including phenoxy) is 1. The minimum atomic E-state index is -1.53. The van der Waals surface area contributed by atoms with Crippen molar-refractivity contribution in [2.45, 2.75) is 24.5 Å². The molecule has 1 aromatic heterocycles. The third-order valence-electron chi connectivity index (χ3n) is 2.53. The van der Waals surface area contributed by atoms with Crippen molar-refractivity contribution < 1.29 is 21.4 Å². The highest BCUT2D eigenvalue weighted by Crippen LogP contribution is 2.27. The first-order chi connectivity index (χ1) is 8.95. The molecule has 1 unspecified atom stereocenters. The van der Waals surface area contributed by atoms with Crippen LogP contribution in [0.25, 0.3) is 0 Å². The first kappa shape index (κ1) is 9.54. The second-order valence-corrected chi connectivity index (χ2v) is 3.63. The number of aromatic nitrogens is 2. The molecule has 4 N–H and O–H groups in total. The quantitative estimate of drug-likeness (QED) is 0.455. The summed E-state index contributed by atoms with van der Waals surface area (Å²) < 4.78 is 20.0. The lowest BCUT2D eigenvalue weighted by Crippen LogP contribution is -2.37. The summed E-state index contributed by atoms with van der Waals surface area (Å²) in [5.41, 5.74) is -1.43. The van der Waals surface area contributed by atoms with E-state index in [9.17, 15) is 19.8 Å². The molecule has 5 atom stereocenters.